The Bertz CT molecular complexity index is 426. The van der Waals surface area contributed by atoms with Crippen molar-refractivity contribution in [2.75, 3.05) is 6.54 Å². The Hall–Kier alpha value is -1.97. The average Bonchev–Trinajstić information content (AvgIpc) is 2.74. The molecule has 2 amide bonds. The van der Waals surface area contributed by atoms with Gasteiger partial charge in [0.1, 0.15) is 0 Å². The number of carbonyl (C=O) groups excluding carboxylic acids is 2. The highest BCUT2D eigenvalue weighted by molar-refractivity contribution is 6.03. The minimum Gasteiger partial charge on any atom is -0.279 e. The topological polar surface area (TPSA) is 50.3 Å². The molecule has 0 aromatic carbocycles. The van der Waals surface area contributed by atoms with Crippen molar-refractivity contribution in [3.05, 3.63) is 36.2 Å². The van der Waals surface area contributed by atoms with Gasteiger partial charge in [-0.05, 0) is 24.1 Å². The molecule has 16 heavy (non-hydrogen) atoms. The summed E-state index contributed by atoms with van der Waals surface area (Å²) in [6.07, 6.45) is 7.66. The number of nitrogens with zero attached hydrogens (tertiary/aromatic N) is 2. The Morgan fingerprint density at radius 1 is 1.50 bits per heavy atom. The van der Waals surface area contributed by atoms with Gasteiger partial charge >= 0.3 is 0 Å². The third-order valence-electron chi connectivity index (χ3n) is 2.44. The molecule has 1 aromatic heterocycles. The summed E-state index contributed by atoms with van der Waals surface area (Å²) in [4.78, 5) is 28.1. The Kier molecular flexibility index (Phi) is 3.10. The van der Waals surface area contributed by atoms with Gasteiger partial charge in [0.05, 0.1) is 0 Å². The van der Waals surface area contributed by atoms with E-state index in [2.05, 4.69) is 4.98 Å². The van der Waals surface area contributed by atoms with Crippen LogP contribution < -0.4 is 0 Å². The molecule has 1 saturated heterocycles. The molecule has 1 aromatic rings. The van der Waals surface area contributed by atoms with Crippen molar-refractivity contribution in [2.24, 2.45) is 0 Å². The summed E-state index contributed by atoms with van der Waals surface area (Å²) in [6.45, 7) is 0.537. The average molecular weight is 216 g/mol. The first-order valence-corrected chi connectivity index (χ1v) is 5.20. The first kappa shape index (κ1) is 10.5. The molecule has 0 saturated carbocycles. The maximum Gasteiger partial charge on any atom is 0.253 e. The monoisotopic (exact) mass is 216 g/mol. The molecule has 0 unspecified atom stereocenters. The Morgan fingerprint density at radius 2 is 2.38 bits per heavy atom. The number of imide groups is 1. The summed E-state index contributed by atoms with van der Waals surface area (Å²) < 4.78 is 0. The molecule has 1 fully saturated rings. The number of hydrogen-bond donors (Lipinski definition) is 0. The third-order valence-corrected chi connectivity index (χ3v) is 2.44. The molecule has 1 aliphatic rings. The fraction of sp³-hybridized carbons (Fsp3) is 0.250. The standard InChI is InChI=1S/C12H12N2O2/c15-11-4-2-8-14(11)12(16)6-5-10-3-1-7-13-9-10/h1,3,5-7,9H,2,4,8H2/b6-5+. The second-order valence-electron chi connectivity index (χ2n) is 3.61. The minimum absolute atomic E-state index is 0.0826. The van der Waals surface area contributed by atoms with E-state index in [0.717, 1.165) is 12.0 Å². The number of aromatic nitrogens is 1. The summed E-state index contributed by atoms with van der Waals surface area (Å²) in [6, 6.07) is 3.65. The predicted octanol–water partition coefficient (Wildman–Crippen LogP) is 1.24. The fourth-order valence-electron chi connectivity index (χ4n) is 1.61. The van der Waals surface area contributed by atoms with Crippen LogP contribution in [0.1, 0.15) is 18.4 Å². The normalized spacial score (nSPS) is 16.0. The molecule has 0 radical (unpaired) electrons. The van der Waals surface area contributed by atoms with Crippen LogP contribution >= 0.6 is 0 Å². The molecular weight excluding hydrogens is 204 g/mol. The third kappa shape index (κ3) is 2.34. The number of rotatable bonds is 2. The predicted molar refractivity (Wildman–Crippen MR) is 59.2 cm³/mol. The maximum absolute atomic E-state index is 11.6. The number of amides is 2. The molecule has 0 aliphatic carbocycles. The van der Waals surface area contributed by atoms with E-state index in [1.54, 1.807) is 24.5 Å². The Balaban J connectivity index is 2.02. The van der Waals surface area contributed by atoms with Gasteiger partial charge in [-0.25, -0.2) is 0 Å². The smallest absolute Gasteiger partial charge is 0.253 e. The highest BCUT2D eigenvalue weighted by Gasteiger charge is 2.24. The van der Waals surface area contributed by atoms with Crippen molar-refractivity contribution >= 4 is 17.9 Å². The van der Waals surface area contributed by atoms with Gasteiger partial charge in [0, 0.05) is 31.4 Å². The van der Waals surface area contributed by atoms with Crippen LogP contribution in [0.25, 0.3) is 6.08 Å². The molecule has 2 rings (SSSR count). The summed E-state index contributed by atoms with van der Waals surface area (Å²) in [5.41, 5.74) is 0.850. The molecule has 1 aliphatic heterocycles. The lowest BCUT2D eigenvalue weighted by atomic mass is 10.2. The van der Waals surface area contributed by atoms with Crippen LogP contribution in [0.15, 0.2) is 30.6 Å². The summed E-state index contributed by atoms with van der Waals surface area (Å²) in [5.74, 6) is -0.327. The van der Waals surface area contributed by atoms with E-state index in [4.69, 9.17) is 0 Å². The number of pyridine rings is 1. The Labute approximate surface area is 93.6 Å². The van der Waals surface area contributed by atoms with Gasteiger partial charge in [-0.1, -0.05) is 6.07 Å². The zero-order chi connectivity index (χ0) is 11.4. The zero-order valence-electron chi connectivity index (χ0n) is 8.80. The lowest BCUT2D eigenvalue weighted by Gasteiger charge is -2.09. The second kappa shape index (κ2) is 4.70. The van der Waals surface area contributed by atoms with Crippen LogP contribution in [-0.2, 0) is 9.59 Å². The number of hydrogen-bond acceptors (Lipinski definition) is 3. The first-order chi connectivity index (χ1) is 7.77. The van der Waals surface area contributed by atoms with Crippen LogP contribution in [0, 0.1) is 0 Å². The van der Waals surface area contributed by atoms with Crippen molar-refractivity contribution in [3.63, 3.8) is 0 Å². The van der Waals surface area contributed by atoms with Crippen LogP contribution in [0.2, 0.25) is 0 Å². The molecule has 0 bridgehead atoms. The molecule has 2 heterocycles. The quantitative estimate of drug-likeness (QED) is 0.699. The molecule has 4 heteroatoms. The molecule has 0 spiro atoms. The van der Waals surface area contributed by atoms with Gasteiger partial charge in [0.2, 0.25) is 5.91 Å². The van der Waals surface area contributed by atoms with Crippen molar-refractivity contribution in [1.82, 2.24) is 9.88 Å². The highest BCUT2D eigenvalue weighted by atomic mass is 16.2. The van der Waals surface area contributed by atoms with E-state index in [1.807, 2.05) is 6.07 Å². The van der Waals surface area contributed by atoms with E-state index in [-0.39, 0.29) is 11.8 Å². The second-order valence-corrected chi connectivity index (χ2v) is 3.61. The summed E-state index contributed by atoms with van der Waals surface area (Å²) in [7, 11) is 0. The van der Waals surface area contributed by atoms with E-state index in [1.165, 1.54) is 11.0 Å². The maximum atomic E-state index is 11.6. The van der Waals surface area contributed by atoms with Gasteiger partial charge in [0.25, 0.3) is 5.91 Å². The fourth-order valence-corrected chi connectivity index (χ4v) is 1.61. The van der Waals surface area contributed by atoms with Crippen LogP contribution in [-0.4, -0.2) is 28.2 Å². The summed E-state index contributed by atoms with van der Waals surface area (Å²) >= 11 is 0. The lowest BCUT2D eigenvalue weighted by molar-refractivity contribution is -0.138. The number of likely N-dealkylation sites (tertiary alicyclic amines) is 1. The Morgan fingerprint density at radius 3 is 3.00 bits per heavy atom. The van der Waals surface area contributed by atoms with Gasteiger partial charge in [-0.2, -0.15) is 0 Å². The van der Waals surface area contributed by atoms with Gasteiger partial charge in [-0.15, -0.1) is 0 Å². The SMILES string of the molecule is O=C(/C=C/c1cccnc1)N1CCCC1=O. The van der Waals surface area contributed by atoms with E-state index < -0.39 is 0 Å². The first-order valence-electron chi connectivity index (χ1n) is 5.20. The van der Waals surface area contributed by atoms with Gasteiger partial charge < -0.3 is 0 Å². The van der Waals surface area contributed by atoms with Crippen molar-refractivity contribution < 1.29 is 9.59 Å². The van der Waals surface area contributed by atoms with Gasteiger partial charge in [0.15, 0.2) is 0 Å². The van der Waals surface area contributed by atoms with Crippen molar-refractivity contribution in [3.8, 4) is 0 Å². The zero-order valence-corrected chi connectivity index (χ0v) is 8.80. The van der Waals surface area contributed by atoms with Crippen LogP contribution in [0.4, 0.5) is 0 Å². The van der Waals surface area contributed by atoms with E-state index in [9.17, 15) is 9.59 Å². The minimum atomic E-state index is -0.244. The van der Waals surface area contributed by atoms with Crippen molar-refractivity contribution in [2.45, 2.75) is 12.8 Å². The van der Waals surface area contributed by atoms with E-state index >= 15 is 0 Å². The molecule has 82 valence electrons. The lowest BCUT2D eigenvalue weighted by Crippen LogP contribution is -2.30. The number of carbonyl (C=O) groups is 2. The van der Waals surface area contributed by atoms with Gasteiger partial charge in [-0.3, -0.25) is 19.5 Å². The van der Waals surface area contributed by atoms with E-state index in [0.29, 0.717) is 13.0 Å². The summed E-state index contributed by atoms with van der Waals surface area (Å²) in [5, 5.41) is 0. The largest absolute Gasteiger partial charge is 0.279 e. The molecule has 4 nitrogen and oxygen atoms in total. The van der Waals surface area contributed by atoms with Crippen LogP contribution in [0.5, 0.6) is 0 Å². The molecule has 0 N–H and O–H groups in total. The molecule has 0 atom stereocenters. The van der Waals surface area contributed by atoms with Crippen molar-refractivity contribution in [1.29, 1.82) is 0 Å². The highest BCUT2D eigenvalue weighted by Crippen LogP contribution is 2.10. The van der Waals surface area contributed by atoms with Crippen LogP contribution in [0.3, 0.4) is 0 Å². The molecular formula is C12H12N2O2.